The summed E-state index contributed by atoms with van der Waals surface area (Å²) in [5.74, 6) is 1.01. The first-order valence-electron chi connectivity index (χ1n) is 8.42. The number of urea groups is 1. The van der Waals surface area contributed by atoms with Gasteiger partial charge in [0.1, 0.15) is 5.75 Å². The van der Waals surface area contributed by atoms with Crippen LogP contribution in [0.5, 0.6) is 5.75 Å². The number of carbonyl (C=O) groups excluding carboxylic acids is 1. The fourth-order valence-corrected chi connectivity index (χ4v) is 3.50. The maximum absolute atomic E-state index is 12.3. The minimum absolute atomic E-state index is 0.0441. The number of nitrogens with one attached hydrogen (secondary N) is 2. The summed E-state index contributed by atoms with van der Waals surface area (Å²) in [6.45, 7) is 4.46. The van der Waals surface area contributed by atoms with E-state index in [1.54, 1.807) is 0 Å². The number of amides is 2. The van der Waals surface area contributed by atoms with Crippen molar-refractivity contribution >= 4 is 27.7 Å². The van der Waals surface area contributed by atoms with Crippen molar-refractivity contribution in [3.05, 3.63) is 18.2 Å². The van der Waals surface area contributed by atoms with E-state index < -0.39 is 16.1 Å². The van der Waals surface area contributed by atoms with E-state index in [0.29, 0.717) is 11.7 Å². The summed E-state index contributed by atoms with van der Waals surface area (Å²) in [5.41, 5.74) is 2.67. The van der Waals surface area contributed by atoms with Gasteiger partial charge < -0.3 is 19.9 Å². The molecule has 11 heteroatoms. The van der Waals surface area contributed by atoms with Crippen molar-refractivity contribution < 1.29 is 17.9 Å². The fraction of sp³-hybridized carbons (Fsp3) is 0.500. The van der Waals surface area contributed by atoms with Crippen LogP contribution in [-0.4, -0.2) is 82.4 Å². The van der Waals surface area contributed by atoms with Crippen LogP contribution in [0.3, 0.4) is 0 Å². The summed E-state index contributed by atoms with van der Waals surface area (Å²) in [6, 6.07) is 3.66. The lowest BCUT2D eigenvalue weighted by atomic mass is 10.3. The van der Waals surface area contributed by atoms with Crippen molar-refractivity contribution in [3.63, 3.8) is 0 Å². The average molecular weight is 398 g/mol. The van der Waals surface area contributed by atoms with E-state index in [0.717, 1.165) is 23.9 Å². The number of carbonyl (C=O) groups is 1. The Bertz CT molecular complexity index is 824. The molecule has 27 heavy (non-hydrogen) atoms. The Labute approximate surface area is 159 Å². The number of ether oxygens (including phenoxy) is 1. The molecule has 2 amide bonds. The topological polar surface area (TPSA) is 107 Å². The summed E-state index contributed by atoms with van der Waals surface area (Å²) in [4.78, 5) is 16.3. The summed E-state index contributed by atoms with van der Waals surface area (Å²) in [5, 5.41) is 6.73. The molecule has 0 aliphatic carbocycles. The highest BCUT2D eigenvalue weighted by molar-refractivity contribution is 7.89. The smallest absolute Gasteiger partial charge is 0.339 e. The number of hydrogen-bond acceptors (Lipinski definition) is 5. The van der Waals surface area contributed by atoms with E-state index in [1.807, 2.05) is 23.8 Å². The molecule has 1 aromatic rings. The van der Waals surface area contributed by atoms with E-state index in [4.69, 9.17) is 4.74 Å². The van der Waals surface area contributed by atoms with E-state index in [2.05, 4.69) is 15.8 Å². The zero-order valence-corrected chi connectivity index (χ0v) is 17.0. The van der Waals surface area contributed by atoms with E-state index >= 15 is 0 Å². The number of hydrogen-bond donors (Lipinski definition) is 2. The van der Waals surface area contributed by atoms with Crippen molar-refractivity contribution in [1.29, 1.82) is 0 Å². The Morgan fingerprint density at radius 3 is 2.63 bits per heavy atom. The number of nitrogens with zero attached hydrogens (tertiary/aromatic N) is 4. The monoisotopic (exact) mass is 398 g/mol. The molecule has 1 saturated heterocycles. The van der Waals surface area contributed by atoms with Gasteiger partial charge in [-0.05, 0) is 25.1 Å². The van der Waals surface area contributed by atoms with Gasteiger partial charge in [-0.3, -0.25) is 0 Å². The summed E-state index contributed by atoms with van der Waals surface area (Å²) in [7, 11) is 2.57. The molecule has 150 valence electrons. The van der Waals surface area contributed by atoms with Crippen molar-refractivity contribution in [1.82, 2.24) is 19.5 Å². The second kappa shape index (κ2) is 8.44. The molecule has 1 aromatic carbocycles. The molecule has 2 rings (SSSR count). The Morgan fingerprint density at radius 2 is 2.04 bits per heavy atom. The quantitative estimate of drug-likeness (QED) is 0.680. The van der Waals surface area contributed by atoms with Crippen LogP contribution in [-0.2, 0) is 10.0 Å². The molecule has 1 aliphatic heterocycles. The summed E-state index contributed by atoms with van der Waals surface area (Å²) < 4.78 is 30.9. The minimum atomic E-state index is -3.64. The predicted octanol–water partition coefficient (Wildman–Crippen LogP) is 0.605. The van der Waals surface area contributed by atoms with Crippen LogP contribution in [0, 0.1) is 0 Å². The normalized spacial score (nSPS) is 16.1. The average Bonchev–Trinajstić information content (AvgIpc) is 2.99. The van der Waals surface area contributed by atoms with Gasteiger partial charge in [-0.1, -0.05) is 0 Å². The van der Waals surface area contributed by atoms with Gasteiger partial charge >= 0.3 is 6.03 Å². The van der Waals surface area contributed by atoms with Crippen LogP contribution in [0.4, 0.5) is 10.5 Å². The Hall–Kier alpha value is -2.53. The third-order valence-corrected chi connectivity index (χ3v) is 5.98. The highest BCUT2D eigenvalue weighted by Gasteiger charge is 2.23. The van der Waals surface area contributed by atoms with Crippen LogP contribution >= 0.6 is 0 Å². The summed E-state index contributed by atoms with van der Waals surface area (Å²) in [6.07, 6.45) is 0. The Kier molecular flexibility index (Phi) is 6.50. The van der Waals surface area contributed by atoms with E-state index in [-0.39, 0.29) is 10.6 Å². The zero-order valence-electron chi connectivity index (χ0n) is 16.2. The zero-order chi connectivity index (χ0) is 20.2. The maximum atomic E-state index is 12.3. The number of guanidine groups is 1. The van der Waals surface area contributed by atoms with Gasteiger partial charge in [-0.2, -0.15) is 0 Å². The first kappa shape index (κ1) is 20.8. The third-order valence-electron chi connectivity index (χ3n) is 4.17. The van der Waals surface area contributed by atoms with Crippen LogP contribution in [0.15, 0.2) is 28.2 Å². The lowest BCUT2D eigenvalue weighted by molar-refractivity contribution is 0.252. The third kappa shape index (κ3) is 4.61. The number of likely N-dealkylation sites (N-methyl/N-ethyl adjacent to an activating group) is 2. The molecule has 1 fully saturated rings. The molecule has 0 bridgehead atoms. The van der Waals surface area contributed by atoms with Gasteiger partial charge in [-0.15, -0.1) is 5.10 Å². The van der Waals surface area contributed by atoms with Gasteiger partial charge in [0.2, 0.25) is 16.0 Å². The molecule has 0 spiro atoms. The molecule has 0 unspecified atom stereocenters. The molecule has 2 N–H and O–H groups in total. The van der Waals surface area contributed by atoms with Gasteiger partial charge in [0.25, 0.3) is 0 Å². The number of anilines is 1. The Morgan fingerprint density at radius 1 is 1.33 bits per heavy atom. The first-order valence-corrected chi connectivity index (χ1v) is 9.86. The van der Waals surface area contributed by atoms with Gasteiger partial charge in [0, 0.05) is 40.8 Å². The first-order chi connectivity index (χ1) is 12.7. The molecule has 0 atom stereocenters. The SMILES string of the molecule is CCN1CCN(C)/C1=N/NC(=O)Nc1cc(S(=O)(=O)N(C)C)ccc1OC. The second-order valence-corrected chi connectivity index (χ2v) is 8.28. The van der Waals surface area contributed by atoms with Crippen molar-refractivity contribution in [2.45, 2.75) is 11.8 Å². The van der Waals surface area contributed by atoms with Gasteiger partial charge in [0.15, 0.2) is 0 Å². The number of rotatable bonds is 6. The number of benzene rings is 1. The van der Waals surface area contributed by atoms with Gasteiger partial charge in [0.05, 0.1) is 17.7 Å². The van der Waals surface area contributed by atoms with E-state index in [1.165, 1.54) is 39.4 Å². The number of methoxy groups -OCH3 is 1. The lowest BCUT2D eigenvalue weighted by Gasteiger charge is -2.18. The molecule has 0 radical (unpaired) electrons. The molecule has 0 aromatic heterocycles. The minimum Gasteiger partial charge on any atom is -0.495 e. The maximum Gasteiger partial charge on any atom is 0.339 e. The van der Waals surface area contributed by atoms with Crippen molar-refractivity contribution in [2.75, 3.05) is 53.2 Å². The second-order valence-electron chi connectivity index (χ2n) is 6.13. The lowest BCUT2D eigenvalue weighted by Crippen LogP contribution is -2.35. The highest BCUT2D eigenvalue weighted by Crippen LogP contribution is 2.28. The van der Waals surface area contributed by atoms with E-state index in [9.17, 15) is 13.2 Å². The number of sulfonamides is 1. The van der Waals surface area contributed by atoms with Crippen LogP contribution in [0.1, 0.15) is 6.92 Å². The largest absolute Gasteiger partial charge is 0.495 e. The molecular weight excluding hydrogens is 372 g/mol. The molecule has 0 saturated carbocycles. The molecule has 10 nitrogen and oxygen atoms in total. The van der Waals surface area contributed by atoms with Crippen LogP contribution in [0.25, 0.3) is 0 Å². The molecule has 1 aliphatic rings. The number of hydrazone groups is 1. The standard InChI is InChI=1S/C16H26N6O4S/c1-6-22-10-9-21(4)16(22)19-18-15(23)17-13-11-12(7-8-14(13)26-5)27(24,25)20(2)3/h7-8,11H,6,9-10H2,1-5H3,(H2,17,18,23)/b19-16-. The van der Waals surface area contributed by atoms with Crippen molar-refractivity contribution in [3.8, 4) is 5.75 Å². The van der Waals surface area contributed by atoms with Crippen LogP contribution < -0.4 is 15.5 Å². The van der Waals surface area contributed by atoms with Crippen LogP contribution in [0.2, 0.25) is 0 Å². The Balaban J connectivity index is 2.19. The molecular formula is C16H26N6O4S. The predicted molar refractivity (Wildman–Crippen MR) is 103 cm³/mol. The van der Waals surface area contributed by atoms with Gasteiger partial charge in [-0.25, -0.2) is 22.9 Å². The fourth-order valence-electron chi connectivity index (χ4n) is 2.57. The summed E-state index contributed by atoms with van der Waals surface area (Å²) >= 11 is 0. The molecule has 1 heterocycles. The van der Waals surface area contributed by atoms with Crippen molar-refractivity contribution in [2.24, 2.45) is 5.10 Å². The highest BCUT2D eigenvalue weighted by atomic mass is 32.2.